The van der Waals surface area contributed by atoms with Crippen LogP contribution < -0.4 is 4.90 Å². The molecule has 114 valence electrons. The molecule has 1 aromatic rings. The third-order valence-electron chi connectivity index (χ3n) is 3.99. The molecule has 0 heterocycles. The number of aliphatic carboxylic acids is 1. The van der Waals surface area contributed by atoms with Gasteiger partial charge in [0.2, 0.25) is 0 Å². The summed E-state index contributed by atoms with van der Waals surface area (Å²) in [5, 5.41) is 9.08. The van der Waals surface area contributed by atoms with Gasteiger partial charge in [0.1, 0.15) is 6.54 Å². The van der Waals surface area contributed by atoms with Crippen molar-refractivity contribution >= 4 is 17.7 Å². The van der Waals surface area contributed by atoms with E-state index in [4.69, 9.17) is 5.11 Å². The fourth-order valence-electron chi connectivity index (χ4n) is 2.85. The molecule has 0 aromatic heterocycles. The molecule has 0 atom stereocenters. The molecule has 0 saturated heterocycles. The highest BCUT2D eigenvalue weighted by Gasteiger charge is 2.30. The van der Waals surface area contributed by atoms with Crippen LogP contribution in [0.2, 0.25) is 0 Å². The summed E-state index contributed by atoms with van der Waals surface area (Å²) in [5.41, 5.74) is 1.85. The van der Waals surface area contributed by atoms with Crippen LogP contribution in [-0.2, 0) is 4.79 Å². The second-order valence-corrected chi connectivity index (χ2v) is 5.64. The standard InChI is InChI=1S/C16H22N2O3/c1-12-6-5-9-14(10-12)17(2)16(21)18(11-15(19)20)13-7-3-4-8-13/h5-6,9-10,13H,3-4,7-8,11H2,1-2H3,(H,19,20). The summed E-state index contributed by atoms with van der Waals surface area (Å²) in [6, 6.07) is 7.44. The average molecular weight is 290 g/mol. The molecule has 0 aliphatic heterocycles. The molecule has 0 bridgehead atoms. The van der Waals surface area contributed by atoms with E-state index in [2.05, 4.69) is 0 Å². The van der Waals surface area contributed by atoms with E-state index in [0.29, 0.717) is 0 Å². The zero-order valence-electron chi connectivity index (χ0n) is 12.6. The molecular formula is C16H22N2O3. The number of aryl methyl sites for hydroxylation is 1. The molecule has 1 aliphatic rings. The van der Waals surface area contributed by atoms with Crippen molar-refractivity contribution in [2.24, 2.45) is 0 Å². The lowest BCUT2D eigenvalue weighted by atomic mass is 10.2. The molecule has 1 aromatic carbocycles. The van der Waals surface area contributed by atoms with Gasteiger partial charge in [0.15, 0.2) is 0 Å². The van der Waals surface area contributed by atoms with E-state index in [9.17, 15) is 9.59 Å². The summed E-state index contributed by atoms with van der Waals surface area (Å²) in [6.07, 6.45) is 3.89. The summed E-state index contributed by atoms with van der Waals surface area (Å²) in [5.74, 6) is -0.965. The Kier molecular flexibility index (Phi) is 4.83. The Hall–Kier alpha value is -2.04. The molecule has 0 radical (unpaired) electrons. The molecule has 2 rings (SSSR count). The minimum atomic E-state index is -0.965. The quantitative estimate of drug-likeness (QED) is 0.927. The molecule has 5 heteroatoms. The first-order chi connectivity index (χ1) is 9.99. The normalized spacial score (nSPS) is 15.0. The second-order valence-electron chi connectivity index (χ2n) is 5.64. The zero-order valence-corrected chi connectivity index (χ0v) is 12.6. The Labute approximate surface area is 125 Å². The number of anilines is 1. The molecule has 1 aliphatic carbocycles. The lowest BCUT2D eigenvalue weighted by molar-refractivity contribution is -0.138. The minimum Gasteiger partial charge on any atom is -0.480 e. The molecule has 0 unspecified atom stereocenters. The lowest BCUT2D eigenvalue weighted by Crippen LogP contribution is -2.48. The Balaban J connectivity index is 2.18. The number of hydrogen-bond donors (Lipinski definition) is 1. The summed E-state index contributed by atoms with van der Waals surface area (Å²) in [6.45, 7) is 1.73. The van der Waals surface area contributed by atoms with E-state index in [-0.39, 0.29) is 18.6 Å². The SMILES string of the molecule is Cc1cccc(N(C)C(=O)N(CC(=O)O)C2CCCC2)c1. The minimum absolute atomic E-state index is 0.0425. The monoisotopic (exact) mass is 290 g/mol. The van der Waals surface area contributed by atoms with Crippen LogP contribution in [0, 0.1) is 6.92 Å². The first-order valence-electron chi connectivity index (χ1n) is 7.32. The van der Waals surface area contributed by atoms with Gasteiger partial charge in [-0.2, -0.15) is 0 Å². The van der Waals surface area contributed by atoms with Gasteiger partial charge in [0, 0.05) is 18.8 Å². The third-order valence-corrected chi connectivity index (χ3v) is 3.99. The fraction of sp³-hybridized carbons (Fsp3) is 0.500. The first kappa shape index (κ1) is 15.4. The fourth-order valence-corrected chi connectivity index (χ4v) is 2.85. The molecule has 2 amide bonds. The van der Waals surface area contributed by atoms with E-state index in [0.717, 1.165) is 36.9 Å². The lowest BCUT2D eigenvalue weighted by Gasteiger charge is -2.31. The van der Waals surface area contributed by atoms with Crippen LogP contribution in [0.5, 0.6) is 0 Å². The number of benzene rings is 1. The maximum absolute atomic E-state index is 12.7. The molecule has 1 saturated carbocycles. The largest absolute Gasteiger partial charge is 0.480 e. The van der Waals surface area contributed by atoms with E-state index >= 15 is 0 Å². The number of amides is 2. The van der Waals surface area contributed by atoms with E-state index in [1.807, 2.05) is 31.2 Å². The van der Waals surface area contributed by atoms with Crippen LogP contribution in [-0.4, -0.2) is 41.6 Å². The molecule has 21 heavy (non-hydrogen) atoms. The van der Waals surface area contributed by atoms with Gasteiger partial charge in [-0.15, -0.1) is 0 Å². The van der Waals surface area contributed by atoms with E-state index in [1.54, 1.807) is 7.05 Å². The first-order valence-corrected chi connectivity index (χ1v) is 7.32. The van der Waals surface area contributed by atoms with Crippen molar-refractivity contribution in [3.63, 3.8) is 0 Å². The molecule has 1 fully saturated rings. The highest BCUT2D eigenvalue weighted by molar-refractivity contribution is 5.93. The topological polar surface area (TPSA) is 60.9 Å². The second kappa shape index (κ2) is 6.61. The van der Waals surface area contributed by atoms with Gasteiger partial charge in [-0.1, -0.05) is 25.0 Å². The van der Waals surface area contributed by atoms with Crippen molar-refractivity contribution in [1.29, 1.82) is 0 Å². The van der Waals surface area contributed by atoms with Gasteiger partial charge in [-0.3, -0.25) is 9.69 Å². The Morgan fingerprint density at radius 2 is 1.95 bits per heavy atom. The number of carboxylic acids is 1. The number of urea groups is 1. The molecule has 1 N–H and O–H groups in total. The van der Waals surface area contributed by atoms with E-state index < -0.39 is 5.97 Å². The van der Waals surface area contributed by atoms with Crippen molar-refractivity contribution < 1.29 is 14.7 Å². The van der Waals surface area contributed by atoms with Gasteiger partial charge in [0.25, 0.3) is 0 Å². The van der Waals surface area contributed by atoms with E-state index in [1.165, 1.54) is 9.80 Å². The average Bonchev–Trinajstić information content (AvgIpc) is 2.97. The number of carbonyl (C=O) groups is 2. The van der Waals surface area contributed by atoms with Crippen LogP contribution in [0.15, 0.2) is 24.3 Å². The predicted molar refractivity (Wildman–Crippen MR) is 81.6 cm³/mol. The van der Waals surface area contributed by atoms with Gasteiger partial charge < -0.3 is 10.0 Å². The van der Waals surface area contributed by atoms with Crippen LogP contribution in [0.3, 0.4) is 0 Å². The number of nitrogens with zero attached hydrogens (tertiary/aromatic N) is 2. The van der Waals surface area contributed by atoms with Crippen molar-refractivity contribution in [2.45, 2.75) is 38.6 Å². The Morgan fingerprint density at radius 3 is 2.52 bits per heavy atom. The highest BCUT2D eigenvalue weighted by Crippen LogP contribution is 2.25. The zero-order chi connectivity index (χ0) is 15.4. The third kappa shape index (κ3) is 3.74. The number of rotatable bonds is 4. The van der Waals surface area contributed by atoms with Crippen molar-refractivity contribution in [3.8, 4) is 0 Å². The Morgan fingerprint density at radius 1 is 1.29 bits per heavy atom. The van der Waals surface area contributed by atoms with Gasteiger partial charge in [-0.25, -0.2) is 4.79 Å². The smallest absolute Gasteiger partial charge is 0.324 e. The van der Waals surface area contributed by atoms with Crippen molar-refractivity contribution in [3.05, 3.63) is 29.8 Å². The van der Waals surface area contributed by atoms with Crippen LogP contribution in [0.4, 0.5) is 10.5 Å². The molecule has 0 spiro atoms. The van der Waals surface area contributed by atoms with Crippen molar-refractivity contribution in [2.75, 3.05) is 18.5 Å². The summed E-state index contributed by atoms with van der Waals surface area (Å²) in [4.78, 5) is 26.8. The molecular weight excluding hydrogens is 268 g/mol. The molecule has 5 nitrogen and oxygen atoms in total. The van der Waals surface area contributed by atoms with Crippen LogP contribution in [0.1, 0.15) is 31.2 Å². The highest BCUT2D eigenvalue weighted by atomic mass is 16.4. The van der Waals surface area contributed by atoms with Crippen molar-refractivity contribution in [1.82, 2.24) is 4.90 Å². The van der Waals surface area contributed by atoms with Crippen LogP contribution in [0.25, 0.3) is 0 Å². The number of carboxylic acid groups (broad SMARTS) is 1. The van der Waals surface area contributed by atoms with Gasteiger partial charge in [-0.05, 0) is 37.5 Å². The summed E-state index contributed by atoms with van der Waals surface area (Å²) in [7, 11) is 1.70. The Bertz CT molecular complexity index is 524. The number of hydrogen-bond acceptors (Lipinski definition) is 2. The van der Waals surface area contributed by atoms with Gasteiger partial charge in [0.05, 0.1) is 0 Å². The predicted octanol–water partition coefficient (Wildman–Crippen LogP) is 2.88. The number of carbonyl (C=O) groups excluding carboxylic acids is 1. The van der Waals surface area contributed by atoms with Gasteiger partial charge >= 0.3 is 12.0 Å². The maximum Gasteiger partial charge on any atom is 0.324 e. The maximum atomic E-state index is 12.7. The summed E-state index contributed by atoms with van der Waals surface area (Å²) >= 11 is 0. The summed E-state index contributed by atoms with van der Waals surface area (Å²) < 4.78 is 0. The van der Waals surface area contributed by atoms with Crippen LogP contribution >= 0.6 is 0 Å².